The summed E-state index contributed by atoms with van der Waals surface area (Å²) in [5.41, 5.74) is 2.49. The lowest BCUT2D eigenvalue weighted by Gasteiger charge is -2.38. The highest BCUT2D eigenvalue weighted by molar-refractivity contribution is 5.98. The molecule has 1 aliphatic heterocycles. The summed E-state index contributed by atoms with van der Waals surface area (Å²) in [6, 6.07) is 7.69. The van der Waals surface area contributed by atoms with Crippen molar-refractivity contribution < 1.29 is 4.79 Å². The predicted octanol–water partition coefficient (Wildman–Crippen LogP) is 2.40. The van der Waals surface area contributed by atoms with Crippen LogP contribution in [0, 0.1) is 0 Å². The van der Waals surface area contributed by atoms with Crippen molar-refractivity contribution in [3.05, 3.63) is 60.2 Å². The van der Waals surface area contributed by atoms with Crippen molar-refractivity contribution in [3.63, 3.8) is 0 Å². The van der Waals surface area contributed by atoms with Gasteiger partial charge in [0, 0.05) is 24.7 Å². The van der Waals surface area contributed by atoms with E-state index in [-0.39, 0.29) is 11.9 Å². The topological polar surface area (TPSA) is 79.7 Å². The first-order chi connectivity index (χ1) is 12.2. The van der Waals surface area contributed by atoms with Gasteiger partial charge in [0.25, 0.3) is 5.91 Å². The predicted molar refractivity (Wildman–Crippen MR) is 92.4 cm³/mol. The molecule has 3 aromatic rings. The number of hydrogen-bond acceptors (Lipinski definition) is 4. The Bertz CT molecular complexity index is 842. The SMILES string of the molecule is CC1CCC(c2cn[nH]c2)CN1C(=O)c1ccccc1-n1nccn1. The van der Waals surface area contributed by atoms with Gasteiger partial charge >= 0.3 is 0 Å². The van der Waals surface area contributed by atoms with Crippen molar-refractivity contribution in [1.82, 2.24) is 30.1 Å². The minimum atomic E-state index is 0.0218. The summed E-state index contributed by atoms with van der Waals surface area (Å²) in [5, 5.41) is 15.3. The standard InChI is InChI=1S/C18H20N6O/c1-13-6-7-14(15-10-19-20-11-15)12-23(13)18(25)16-4-2-3-5-17(16)24-21-8-9-22-24/h2-5,8-11,13-14H,6-7,12H2,1H3,(H,19,20). The van der Waals surface area contributed by atoms with Gasteiger partial charge in [-0.25, -0.2) is 0 Å². The van der Waals surface area contributed by atoms with Crippen LogP contribution in [-0.4, -0.2) is 48.6 Å². The third kappa shape index (κ3) is 2.93. The van der Waals surface area contributed by atoms with Crippen LogP contribution in [0.25, 0.3) is 5.69 Å². The summed E-state index contributed by atoms with van der Waals surface area (Å²) < 4.78 is 0. The Labute approximate surface area is 145 Å². The molecule has 1 aromatic carbocycles. The maximum Gasteiger partial charge on any atom is 0.256 e. The number of piperidine rings is 1. The zero-order chi connectivity index (χ0) is 17.2. The van der Waals surface area contributed by atoms with Crippen molar-refractivity contribution >= 4 is 5.91 Å². The number of likely N-dealkylation sites (tertiary alicyclic amines) is 1. The highest BCUT2D eigenvalue weighted by atomic mass is 16.2. The Hall–Kier alpha value is -2.96. The third-order valence-electron chi connectivity index (χ3n) is 4.90. The highest BCUT2D eigenvalue weighted by Crippen LogP contribution is 2.31. The fraction of sp³-hybridized carbons (Fsp3) is 0.333. The van der Waals surface area contributed by atoms with Gasteiger partial charge < -0.3 is 4.90 Å². The zero-order valence-electron chi connectivity index (χ0n) is 14.0. The van der Waals surface area contributed by atoms with Crippen LogP contribution in [0.5, 0.6) is 0 Å². The molecule has 0 spiro atoms. The van der Waals surface area contributed by atoms with Crippen LogP contribution in [0.2, 0.25) is 0 Å². The van der Waals surface area contributed by atoms with Gasteiger partial charge in [-0.05, 0) is 37.5 Å². The first kappa shape index (κ1) is 15.6. The highest BCUT2D eigenvalue weighted by Gasteiger charge is 2.31. The monoisotopic (exact) mass is 336 g/mol. The fourth-order valence-electron chi connectivity index (χ4n) is 3.47. The lowest BCUT2D eigenvalue weighted by Crippen LogP contribution is -2.45. The molecular weight excluding hydrogens is 316 g/mol. The van der Waals surface area contributed by atoms with E-state index in [0.717, 1.165) is 18.4 Å². The molecule has 3 heterocycles. The second-order valence-corrected chi connectivity index (χ2v) is 6.45. The largest absolute Gasteiger partial charge is 0.335 e. The van der Waals surface area contributed by atoms with Crippen molar-refractivity contribution in [3.8, 4) is 5.69 Å². The number of aromatic nitrogens is 5. The number of carbonyl (C=O) groups excluding carboxylic acids is 1. The van der Waals surface area contributed by atoms with Crippen LogP contribution in [0.15, 0.2) is 49.1 Å². The van der Waals surface area contributed by atoms with Gasteiger partial charge in [-0.2, -0.15) is 20.1 Å². The van der Waals surface area contributed by atoms with Crippen molar-refractivity contribution in [2.45, 2.75) is 31.7 Å². The van der Waals surface area contributed by atoms with Gasteiger partial charge in [0.1, 0.15) is 0 Å². The molecule has 1 fully saturated rings. The van der Waals surface area contributed by atoms with Crippen molar-refractivity contribution in [2.24, 2.45) is 0 Å². The van der Waals surface area contributed by atoms with Gasteiger partial charge in [0.15, 0.2) is 0 Å². The average Bonchev–Trinajstić information content (AvgIpc) is 3.35. The molecular formula is C18H20N6O. The van der Waals surface area contributed by atoms with Crippen LogP contribution < -0.4 is 0 Å². The molecule has 7 nitrogen and oxygen atoms in total. The molecule has 0 radical (unpaired) electrons. The lowest BCUT2D eigenvalue weighted by atomic mass is 9.89. The van der Waals surface area contributed by atoms with Gasteiger partial charge in [0.2, 0.25) is 0 Å². The van der Waals surface area contributed by atoms with E-state index in [1.165, 1.54) is 4.80 Å². The molecule has 1 aliphatic rings. The maximum absolute atomic E-state index is 13.3. The summed E-state index contributed by atoms with van der Waals surface area (Å²) in [6.07, 6.45) is 9.03. The molecule has 2 atom stereocenters. The number of nitrogens with one attached hydrogen (secondary N) is 1. The number of nitrogens with zero attached hydrogens (tertiary/aromatic N) is 5. The Morgan fingerprint density at radius 2 is 2.00 bits per heavy atom. The molecule has 0 aliphatic carbocycles. The summed E-state index contributed by atoms with van der Waals surface area (Å²) in [5.74, 6) is 0.336. The molecule has 7 heteroatoms. The molecule has 0 saturated carbocycles. The molecule has 0 bridgehead atoms. The fourth-order valence-corrected chi connectivity index (χ4v) is 3.47. The van der Waals surface area contributed by atoms with Gasteiger partial charge in [-0.3, -0.25) is 9.89 Å². The van der Waals surface area contributed by atoms with E-state index in [1.807, 2.05) is 41.6 Å². The number of benzene rings is 1. The van der Waals surface area contributed by atoms with Crippen LogP contribution in [0.1, 0.15) is 41.6 Å². The lowest BCUT2D eigenvalue weighted by molar-refractivity contribution is 0.0609. The van der Waals surface area contributed by atoms with Crippen LogP contribution in [-0.2, 0) is 0 Å². The van der Waals surface area contributed by atoms with Crippen molar-refractivity contribution in [2.75, 3.05) is 6.54 Å². The smallest absolute Gasteiger partial charge is 0.256 e. The van der Waals surface area contributed by atoms with Gasteiger partial charge in [-0.15, -0.1) is 0 Å². The summed E-state index contributed by atoms with van der Waals surface area (Å²) in [4.78, 5) is 16.7. The molecule has 2 aromatic heterocycles. The Balaban J connectivity index is 1.64. The van der Waals surface area contributed by atoms with Gasteiger partial charge in [-0.1, -0.05) is 12.1 Å². The van der Waals surface area contributed by atoms with Crippen LogP contribution in [0.3, 0.4) is 0 Å². The molecule has 2 unspecified atom stereocenters. The van der Waals surface area contributed by atoms with E-state index in [2.05, 4.69) is 27.3 Å². The molecule has 4 rings (SSSR count). The Morgan fingerprint density at radius 3 is 2.76 bits per heavy atom. The first-order valence-corrected chi connectivity index (χ1v) is 8.49. The molecule has 128 valence electrons. The first-order valence-electron chi connectivity index (χ1n) is 8.49. The Morgan fingerprint density at radius 1 is 1.20 bits per heavy atom. The average molecular weight is 336 g/mol. The number of hydrogen-bond donors (Lipinski definition) is 1. The van der Waals surface area contributed by atoms with Crippen molar-refractivity contribution in [1.29, 1.82) is 0 Å². The van der Waals surface area contributed by atoms with E-state index < -0.39 is 0 Å². The van der Waals surface area contributed by atoms with E-state index in [4.69, 9.17) is 0 Å². The van der Waals surface area contributed by atoms with E-state index in [9.17, 15) is 4.79 Å². The van der Waals surface area contributed by atoms with Gasteiger partial charge in [0.05, 0.1) is 29.8 Å². The summed E-state index contributed by atoms with van der Waals surface area (Å²) in [7, 11) is 0. The number of aromatic amines is 1. The van der Waals surface area contributed by atoms with E-state index in [0.29, 0.717) is 23.7 Å². The number of para-hydroxylation sites is 1. The third-order valence-corrected chi connectivity index (χ3v) is 4.90. The number of carbonyl (C=O) groups is 1. The zero-order valence-corrected chi connectivity index (χ0v) is 14.0. The van der Waals surface area contributed by atoms with E-state index >= 15 is 0 Å². The molecule has 1 saturated heterocycles. The number of H-pyrrole nitrogens is 1. The molecule has 25 heavy (non-hydrogen) atoms. The second-order valence-electron chi connectivity index (χ2n) is 6.45. The Kier molecular flexibility index (Phi) is 4.05. The van der Waals surface area contributed by atoms with Crippen LogP contribution in [0.4, 0.5) is 0 Å². The number of rotatable bonds is 3. The summed E-state index contributed by atoms with van der Waals surface area (Å²) in [6.45, 7) is 2.80. The minimum Gasteiger partial charge on any atom is -0.335 e. The number of amides is 1. The molecule has 1 amide bonds. The maximum atomic E-state index is 13.3. The van der Waals surface area contributed by atoms with E-state index in [1.54, 1.807) is 12.4 Å². The molecule has 1 N–H and O–H groups in total. The normalized spacial score (nSPS) is 20.6. The minimum absolute atomic E-state index is 0.0218. The quantitative estimate of drug-likeness (QED) is 0.796. The second kappa shape index (κ2) is 6.51. The summed E-state index contributed by atoms with van der Waals surface area (Å²) >= 11 is 0. The van der Waals surface area contributed by atoms with Crippen LogP contribution >= 0.6 is 0 Å².